The zero-order valence-electron chi connectivity index (χ0n) is 11.6. The van der Waals surface area contributed by atoms with Gasteiger partial charge in [0.2, 0.25) is 5.91 Å². The number of nitrogens with one attached hydrogen (secondary N) is 2. The van der Waals surface area contributed by atoms with Crippen molar-refractivity contribution in [3.8, 4) is 0 Å². The first-order valence-electron chi connectivity index (χ1n) is 6.70. The Bertz CT molecular complexity index is 413. The Balaban J connectivity index is 1.81. The topological polar surface area (TPSA) is 41.1 Å². The molecule has 4 heteroatoms. The summed E-state index contributed by atoms with van der Waals surface area (Å²) in [6, 6.07) is 10.4. The quantitative estimate of drug-likeness (QED) is 0.866. The van der Waals surface area contributed by atoms with E-state index in [1.807, 2.05) is 6.07 Å². The zero-order chi connectivity index (χ0) is 13.7. The third kappa shape index (κ3) is 4.55. The number of benzene rings is 1. The molecule has 0 aliphatic carbocycles. The van der Waals surface area contributed by atoms with Gasteiger partial charge in [0.25, 0.3) is 0 Å². The first kappa shape index (κ1) is 14.4. The molecule has 2 N–H and O–H groups in total. The van der Waals surface area contributed by atoms with Crippen LogP contribution in [-0.2, 0) is 11.2 Å². The monoisotopic (exact) mass is 278 g/mol. The van der Waals surface area contributed by atoms with Crippen LogP contribution in [0.3, 0.4) is 0 Å². The van der Waals surface area contributed by atoms with Crippen LogP contribution < -0.4 is 10.6 Å². The average Bonchev–Trinajstić information content (AvgIpc) is 2.91. The standard InChI is InChI=1S/C15H22N2OS/c1-15(2,8-12-6-4-3-5-7-12)10-16-14(18)13-9-19-11-17-13/h3-7,13,17H,8-11H2,1-2H3,(H,16,18). The molecule has 0 radical (unpaired) electrons. The first-order chi connectivity index (χ1) is 9.07. The van der Waals surface area contributed by atoms with E-state index in [-0.39, 0.29) is 17.4 Å². The molecule has 1 amide bonds. The molecule has 1 atom stereocenters. The van der Waals surface area contributed by atoms with E-state index in [0.717, 1.165) is 18.1 Å². The van der Waals surface area contributed by atoms with Crippen LogP contribution >= 0.6 is 11.8 Å². The molecule has 1 fully saturated rings. The SMILES string of the molecule is CC(C)(CNC(=O)C1CSCN1)Cc1ccccc1. The minimum atomic E-state index is -0.0162. The van der Waals surface area contributed by atoms with Crippen molar-refractivity contribution in [2.75, 3.05) is 18.2 Å². The van der Waals surface area contributed by atoms with Crippen molar-refractivity contribution in [2.45, 2.75) is 26.3 Å². The van der Waals surface area contributed by atoms with Crippen molar-refractivity contribution >= 4 is 17.7 Å². The molecule has 0 aromatic heterocycles. The Kier molecular flexibility index (Phi) is 4.88. The van der Waals surface area contributed by atoms with Crippen molar-refractivity contribution in [1.29, 1.82) is 0 Å². The van der Waals surface area contributed by atoms with E-state index in [9.17, 15) is 4.79 Å². The molecule has 0 bridgehead atoms. The number of carbonyl (C=O) groups excluding carboxylic acids is 1. The van der Waals surface area contributed by atoms with Crippen LogP contribution in [0.1, 0.15) is 19.4 Å². The van der Waals surface area contributed by atoms with Crippen LogP contribution in [-0.4, -0.2) is 30.1 Å². The minimum absolute atomic E-state index is 0.0162. The number of amides is 1. The molecular weight excluding hydrogens is 256 g/mol. The van der Waals surface area contributed by atoms with Gasteiger partial charge in [-0.3, -0.25) is 10.1 Å². The summed E-state index contributed by atoms with van der Waals surface area (Å²) in [5, 5.41) is 6.26. The van der Waals surface area contributed by atoms with Crippen molar-refractivity contribution < 1.29 is 4.79 Å². The van der Waals surface area contributed by atoms with Gasteiger partial charge in [-0.2, -0.15) is 0 Å². The highest BCUT2D eigenvalue weighted by Gasteiger charge is 2.25. The summed E-state index contributed by atoms with van der Waals surface area (Å²) >= 11 is 1.77. The summed E-state index contributed by atoms with van der Waals surface area (Å²) < 4.78 is 0. The lowest BCUT2D eigenvalue weighted by atomic mass is 9.85. The van der Waals surface area contributed by atoms with Crippen molar-refractivity contribution in [2.24, 2.45) is 5.41 Å². The van der Waals surface area contributed by atoms with Crippen LogP contribution in [0.5, 0.6) is 0 Å². The van der Waals surface area contributed by atoms with Gasteiger partial charge in [0, 0.05) is 18.2 Å². The van der Waals surface area contributed by atoms with Crippen molar-refractivity contribution in [3.63, 3.8) is 0 Å². The summed E-state index contributed by atoms with van der Waals surface area (Å²) in [6.45, 7) is 5.10. The predicted molar refractivity (Wildman–Crippen MR) is 81.2 cm³/mol. The maximum absolute atomic E-state index is 12.0. The molecule has 3 nitrogen and oxygen atoms in total. The van der Waals surface area contributed by atoms with Crippen LogP contribution in [0.15, 0.2) is 30.3 Å². The Morgan fingerprint density at radius 2 is 2.16 bits per heavy atom. The maximum Gasteiger partial charge on any atom is 0.238 e. The number of carbonyl (C=O) groups is 1. The molecule has 1 aromatic rings. The molecule has 0 saturated carbocycles. The third-order valence-corrected chi connectivity index (χ3v) is 4.24. The highest BCUT2D eigenvalue weighted by molar-refractivity contribution is 7.99. The van der Waals surface area contributed by atoms with Gasteiger partial charge in [-0.1, -0.05) is 44.2 Å². The van der Waals surface area contributed by atoms with Crippen LogP contribution in [0, 0.1) is 5.41 Å². The lowest BCUT2D eigenvalue weighted by molar-refractivity contribution is -0.122. The van der Waals surface area contributed by atoms with Crippen LogP contribution in [0.25, 0.3) is 0 Å². The van der Waals surface area contributed by atoms with E-state index >= 15 is 0 Å². The van der Waals surface area contributed by atoms with Gasteiger partial charge in [-0.25, -0.2) is 0 Å². The van der Waals surface area contributed by atoms with Gasteiger partial charge >= 0.3 is 0 Å². The lowest BCUT2D eigenvalue weighted by Gasteiger charge is -2.26. The molecule has 19 heavy (non-hydrogen) atoms. The molecule has 104 valence electrons. The van der Waals surface area contributed by atoms with Gasteiger partial charge < -0.3 is 5.32 Å². The normalized spacial score (nSPS) is 19.4. The summed E-state index contributed by atoms with van der Waals surface area (Å²) in [4.78, 5) is 12.0. The Hall–Kier alpha value is -1.00. The Morgan fingerprint density at radius 1 is 1.42 bits per heavy atom. The molecule has 1 unspecified atom stereocenters. The van der Waals surface area contributed by atoms with Crippen molar-refractivity contribution in [1.82, 2.24) is 10.6 Å². The van der Waals surface area contributed by atoms with E-state index in [1.54, 1.807) is 11.8 Å². The zero-order valence-corrected chi connectivity index (χ0v) is 12.4. The van der Waals surface area contributed by atoms with Gasteiger partial charge in [0.15, 0.2) is 0 Å². The average molecular weight is 278 g/mol. The number of hydrogen-bond donors (Lipinski definition) is 2. The van der Waals surface area contributed by atoms with E-state index in [2.05, 4.69) is 48.7 Å². The van der Waals surface area contributed by atoms with E-state index in [1.165, 1.54) is 5.56 Å². The van der Waals surface area contributed by atoms with Gasteiger partial charge in [-0.15, -0.1) is 11.8 Å². The smallest absolute Gasteiger partial charge is 0.238 e. The fraction of sp³-hybridized carbons (Fsp3) is 0.533. The van der Waals surface area contributed by atoms with E-state index in [4.69, 9.17) is 0 Å². The van der Waals surface area contributed by atoms with E-state index in [0.29, 0.717) is 6.54 Å². The minimum Gasteiger partial charge on any atom is -0.354 e. The van der Waals surface area contributed by atoms with E-state index < -0.39 is 0 Å². The molecule has 2 rings (SSSR count). The highest BCUT2D eigenvalue weighted by atomic mass is 32.2. The van der Waals surface area contributed by atoms with Crippen LogP contribution in [0.2, 0.25) is 0 Å². The lowest BCUT2D eigenvalue weighted by Crippen LogP contribution is -2.45. The second-order valence-corrected chi connectivity index (χ2v) is 6.85. The molecule has 0 spiro atoms. The molecule has 1 aromatic carbocycles. The molecule has 1 heterocycles. The first-order valence-corrected chi connectivity index (χ1v) is 7.85. The number of thioether (sulfide) groups is 1. The van der Waals surface area contributed by atoms with Crippen LogP contribution in [0.4, 0.5) is 0 Å². The Labute approximate surface area is 119 Å². The summed E-state index contributed by atoms with van der Waals surface area (Å²) in [7, 11) is 0. The maximum atomic E-state index is 12.0. The van der Waals surface area contributed by atoms with Gasteiger partial charge in [0.1, 0.15) is 0 Å². The fourth-order valence-electron chi connectivity index (χ4n) is 2.22. The summed E-state index contributed by atoms with van der Waals surface area (Å²) in [5.41, 5.74) is 1.39. The Morgan fingerprint density at radius 3 is 2.79 bits per heavy atom. The fourth-order valence-corrected chi connectivity index (χ4v) is 3.17. The largest absolute Gasteiger partial charge is 0.354 e. The number of hydrogen-bond acceptors (Lipinski definition) is 3. The predicted octanol–water partition coefficient (Wildman–Crippen LogP) is 2.03. The summed E-state index contributed by atoms with van der Waals surface area (Å²) in [6.07, 6.45) is 0.973. The van der Waals surface area contributed by atoms with Crippen molar-refractivity contribution in [3.05, 3.63) is 35.9 Å². The third-order valence-electron chi connectivity index (χ3n) is 3.30. The molecule has 1 aliphatic heterocycles. The highest BCUT2D eigenvalue weighted by Crippen LogP contribution is 2.21. The summed E-state index contributed by atoms with van der Waals surface area (Å²) in [5.74, 6) is 1.89. The van der Waals surface area contributed by atoms with Gasteiger partial charge in [0.05, 0.1) is 6.04 Å². The second kappa shape index (κ2) is 6.44. The molecule has 1 saturated heterocycles. The number of rotatable bonds is 5. The second-order valence-electron chi connectivity index (χ2n) is 5.82. The van der Waals surface area contributed by atoms with Gasteiger partial charge in [-0.05, 0) is 17.4 Å². The molecule has 1 aliphatic rings. The molecular formula is C15H22N2OS.